The Balaban J connectivity index is 2.59. The van der Waals surface area contributed by atoms with E-state index in [1.807, 2.05) is 20.8 Å². The second-order valence-corrected chi connectivity index (χ2v) is 6.39. The largest absolute Gasteiger partial charge is 0.273 e. The summed E-state index contributed by atoms with van der Waals surface area (Å²) in [6.45, 7) is 5.51. The molecule has 0 unspecified atom stereocenters. The first kappa shape index (κ1) is 15.7. The molecule has 0 bridgehead atoms. The molecule has 0 saturated heterocycles. The van der Waals surface area contributed by atoms with Crippen LogP contribution in [0, 0.1) is 5.41 Å². The summed E-state index contributed by atoms with van der Waals surface area (Å²) in [7, 11) is 0. The number of carbonyl (C=O) groups excluding carboxylic acids is 1. The maximum atomic E-state index is 12.8. The lowest BCUT2D eigenvalue weighted by molar-refractivity contribution is -0.125. The minimum atomic E-state index is -0.597. The minimum absolute atomic E-state index is 0.132. The fourth-order valence-electron chi connectivity index (χ4n) is 1.74. The minimum Gasteiger partial charge on any atom is -0.273 e. The summed E-state index contributed by atoms with van der Waals surface area (Å²) >= 11 is 12.2. The second kappa shape index (κ2) is 6.00. The van der Waals surface area contributed by atoms with E-state index in [0.29, 0.717) is 21.6 Å². The van der Waals surface area contributed by atoms with E-state index in [0.717, 1.165) is 0 Å². The summed E-state index contributed by atoms with van der Waals surface area (Å²) in [4.78, 5) is 22.5. The summed E-state index contributed by atoms with van der Waals surface area (Å²) in [5, 5.41) is 0.886. The predicted molar refractivity (Wildman–Crippen MR) is 85.1 cm³/mol. The van der Waals surface area contributed by atoms with E-state index >= 15 is 0 Å². The number of hydrogen-bond acceptors (Lipinski definition) is 3. The second-order valence-electron chi connectivity index (χ2n) is 5.55. The number of nitrogens with zero attached hydrogens (tertiary/aromatic N) is 3. The molecule has 0 N–H and O–H groups in total. The summed E-state index contributed by atoms with van der Waals surface area (Å²) < 4.78 is 0. The lowest BCUT2D eigenvalue weighted by atomic mass is 9.94. The third-order valence-corrected chi connectivity index (χ3v) is 3.31. The van der Waals surface area contributed by atoms with Crippen LogP contribution in [0.25, 0.3) is 0 Å². The highest BCUT2D eigenvalue weighted by atomic mass is 35.5. The molecule has 0 aliphatic carbocycles. The zero-order valence-electron chi connectivity index (χ0n) is 12.0. The molecule has 2 rings (SSSR count). The zero-order chi connectivity index (χ0) is 15.6. The van der Waals surface area contributed by atoms with Gasteiger partial charge in [-0.25, -0.2) is 4.98 Å². The first-order valence-electron chi connectivity index (χ1n) is 6.36. The van der Waals surface area contributed by atoms with Gasteiger partial charge in [-0.2, -0.15) is 0 Å². The van der Waals surface area contributed by atoms with Gasteiger partial charge in [-0.15, -0.1) is 0 Å². The molecular weight excluding hydrogens is 309 g/mol. The molecule has 0 spiro atoms. The fourth-order valence-corrected chi connectivity index (χ4v) is 2.23. The van der Waals surface area contributed by atoms with Crippen molar-refractivity contribution in [3.05, 3.63) is 46.8 Å². The van der Waals surface area contributed by atoms with Gasteiger partial charge < -0.3 is 0 Å². The van der Waals surface area contributed by atoms with Crippen molar-refractivity contribution in [2.75, 3.05) is 4.90 Å². The third-order valence-electron chi connectivity index (χ3n) is 2.77. The molecule has 6 heteroatoms. The Bertz CT molecular complexity index is 654. The lowest BCUT2D eigenvalue weighted by Crippen LogP contribution is -2.37. The van der Waals surface area contributed by atoms with E-state index in [1.165, 1.54) is 17.3 Å². The summed E-state index contributed by atoms with van der Waals surface area (Å²) in [5.41, 5.74) is -0.0676. The predicted octanol–water partition coefficient (Wildman–Crippen LogP) is 4.49. The van der Waals surface area contributed by atoms with Crippen LogP contribution in [0.1, 0.15) is 20.8 Å². The molecule has 0 radical (unpaired) electrons. The molecule has 2 aromatic rings. The van der Waals surface area contributed by atoms with E-state index in [2.05, 4.69) is 9.97 Å². The molecular formula is C15H15Cl2N3O. The topological polar surface area (TPSA) is 46.1 Å². The van der Waals surface area contributed by atoms with Crippen LogP contribution in [-0.2, 0) is 4.79 Å². The smallest absolute Gasteiger partial charge is 0.238 e. The van der Waals surface area contributed by atoms with Gasteiger partial charge in [0.1, 0.15) is 0 Å². The number of benzene rings is 1. The van der Waals surface area contributed by atoms with E-state index in [9.17, 15) is 4.79 Å². The Hall–Kier alpha value is -1.65. The van der Waals surface area contributed by atoms with Crippen LogP contribution in [0.15, 0.2) is 36.8 Å². The Labute approximate surface area is 133 Å². The Kier molecular flexibility index (Phi) is 4.49. The van der Waals surface area contributed by atoms with Crippen molar-refractivity contribution in [1.82, 2.24) is 9.97 Å². The molecule has 21 heavy (non-hydrogen) atoms. The maximum Gasteiger partial charge on any atom is 0.238 e. The van der Waals surface area contributed by atoms with Crippen molar-refractivity contribution in [2.24, 2.45) is 5.41 Å². The molecule has 0 fully saturated rings. The maximum absolute atomic E-state index is 12.8. The average Bonchev–Trinajstić information content (AvgIpc) is 2.41. The Morgan fingerprint density at radius 3 is 2.43 bits per heavy atom. The van der Waals surface area contributed by atoms with Crippen LogP contribution in [-0.4, -0.2) is 15.9 Å². The molecule has 0 atom stereocenters. The third kappa shape index (κ3) is 3.52. The quantitative estimate of drug-likeness (QED) is 0.817. The highest BCUT2D eigenvalue weighted by Crippen LogP contribution is 2.35. The molecule has 4 nitrogen and oxygen atoms in total. The van der Waals surface area contributed by atoms with Crippen molar-refractivity contribution >= 4 is 40.6 Å². The molecule has 0 aliphatic heterocycles. The molecule has 0 aliphatic rings. The number of halogens is 2. The van der Waals surface area contributed by atoms with Gasteiger partial charge in [-0.1, -0.05) is 44.0 Å². The first-order chi connectivity index (χ1) is 9.80. The number of anilines is 2. The number of rotatable bonds is 2. The average molecular weight is 324 g/mol. The Morgan fingerprint density at radius 2 is 1.90 bits per heavy atom. The highest BCUT2D eigenvalue weighted by Gasteiger charge is 2.31. The van der Waals surface area contributed by atoms with Gasteiger partial charge in [0.15, 0.2) is 5.82 Å². The number of hydrogen-bond donors (Lipinski definition) is 0. The van der Waals surface area contributed by atoms with Gasteiger partial charge >= 0.3 is 0 Å². The van der Waals surface area contributed by atoms with Crippen molar-refractivity contribution in [2.45, 2.75) is 20.8 Å². The van der Waals surface area contributed by atoms with Crippen molar-refractivity contribution in [3.8, 4) is 0 Å². The van der Waals surface area contributed by atoms with Crippen molar-refractivity contribution in [1.29, 1.82) is 0 Å². The summed E-state index contributed by atoms with van der Waals surface area (Å²) in [6.07, 6.45) is 4.60. The number of carbonyl (C=O) groups is 1. The zero-order valence-corrected chi connectivity index (χ0v) is 13.5. The van der Waals surface area contributed by atoms with Crippen molar-refractivity contribution in [3.63, 3.8) is 0 Å². The molecule has 0 saturated carbocycles. The van der Waals surface area contributed by atoms with E-state index in [4.69, 9.17) is 23.2 Å². The van der Waals surface area contributed by atoms with Gasteiger partial charge in [-0.3, -0.25) is 14.7 Å². The van der Waals surface area contributed by atoms with Gasteiger partial charge in [0, 0.05) is 22.8 Å². The standard InChI is InChI=1S/C15H15Cl2N3O/c1-15(2,3)14(21)20(13-9-18-6-7-19-13)12-5-4-10(16)8-11(12)17/h4-9H,1-3H3. The van der Waals surface area contributed by atoms with Crippen LogP contribution in [0.4, 0.5) is 11.5 Å². The van der Waals surface area contributed by atoms with Crippen LogP contribution in [0.5, 0.6) is 0 Å². The normalized spacial score (nSPS) is 11.3. The summed E-state index contributed by atoms with van der Waals surface area (Å²) in [6, 6.07) is 4.98. The van der Waals surface area contributed by atoms with Crippen LogP contribution >= 0.6 is 23.2 Å². The number of amides is 1. The van der Waals surface area contributed by atoms with Gasteiger partial charge in [0.25, 0.3) is 0 Å². The van der Waals surface area contributed by atoms with Crippen molar-refractivity contribution < 1.29 is 4.79 Å². The van der Waals surface area contributed by atoms with Gasteiger partial charge in [0.2, 0.25) is 5.91 Å². The molecule has 1 aromatic heterocycles. The van der Waals surface area contributed by atoms with E-state index in [1.54, 1.807) is 24.4 Å². The first-order valence-corrected chi connectivity index (χ1v) is 7.12. The highest BCUT2D eigenvalue weighted by molar-refractivity contribution is 6.37. The Morgan fingerprint density at radius 1 is 1.19 bits per heavy atom. The lowest BCUT2D eigenvalue weighted by Gasteiger charge is -2.29. The van der Waals surface area contributed by atoms with Gasteiger partial charge in [-0.05, 0) is 18.2 Å². The molecule has 1 amide bonds. The molecule has 1 aromatic carbocycles. The SMILES string of the molecule is CC(C)(C)C(=O)N(c1cnccn1)c1ccc(Cl)cc1Cl. The van der Waals surface area contributed by atoms with Crippen LogP contribution < -0.4 is 4.90 Å². The number of aromatic nitrogens is 2. The van der Waals surface area contributed by atoms with Gasteiger partial charge in [0.05, 0.1) is 16.9 Å². The molecule has 110 valence electrons. The van der Waals surface area contributed by atoms with E-state index in [-0.39, 0.29) is 5.91 Å². The van der Waals surface area contributed by atoms with Crippen LogP contribution in [0.3, 0.4) is 0 Å². The monoisotopic (exact) mass is 323 g/mol. The summed E-state index contributed by atoms with van der Waals surface area (Å²) in [5.74, 6) is 0.286. The fraction of sp³-hybridized carbons (Fsp3) is 0.267. The van der Waals surface area contributed by atoms with E-state index < -0.39 is 5.41 Å². The molecule has 1 heterocycles. The van der Waals surface area contributed by atoms with Crippen LogP contribution in [0.2, 0.25) is 10.0 Å².